The fourth-order valence-electron chi connectivity index (χ4n) is 2.38. The van der Waals surface area contributed by atoms with Gasteiger partial charge in [-0.05, 0) is 36.2 Å². The number of methoxy groups -OCH3 is 1. The topological polar surface area (TPSA) is 76.4 Å². The number of ether oxygens (including phenoxy) is 1. The lowest BCUT2D eigenvalue weighted by Gasteiger charge is -2.17. The number of nitrogens with zero attached hydrogens (tertiary/aromatic N) is 1. The molecule has 1 aliphatic rings. The van der Waals surface area contributed by atoms with Gasteiger partial charge in [0.1, 0.15) is 6.61 Å². The number of halogens is 1. The third-order valence-corrected chi connectivity index (χ3v) is 3.43. The van der Waals surface area contributed by atoms with Crippen molar-refractivity contribution in [1.82, 2.24) is 10.5 Å². The van der Waals surface area contributed by atoms with Crippen LogP contribution in [-0.2, 0) is 24.3 Å². The van der Waals surface area contributed by atoms with E-state index in [4.69, 9.17) is 9.26 Å². The molecule has 6 nitrogen and oxygen atoms in total. The van der Waals surface area contributed by atoms with Gasteiger partial charge in [0, 0.05) is 25.4 Å². The molecule has 2 N–H and O–H groups in total. The molecule has 0 fully saturated rings. The van der Waals surface area contributed by atoms with E-state index in [-0.39, 0.29) is 24.0 Å². The zero-order chi connectivity index (χ0) is 14.7. The van der Waals surface area contributed by atoms with Crippen LogP contribution in [0.2, 0.25) is 0 Å². The van der Waals surface area contributed by atoms with Gasteiger partial charge in [0.15, 0.2) is 11.5 Å². The van der Waals surface area contributed by atoms with E-state index in [9.17, 15) is 4.79 Å². The highest BCUT2D eigenvalue weighted by Gasteiger charge is 2.14. The molecule has 1 aromatic heterocycles. The molecule has 22 heavy (non-hydrogen) atoms. The quantitative estimate of drug-likeness (QED) is 0.901. The van der Waals surface area contributed by atoms with Crippen molar-refractivity contribution in [3.05, 3.63) is 46.8 Å². The van der Waals surface area contributed by atoms with Gasteiger partial charge in [-0.1, -0.05) is 11.2 Å². The second kappa shape index (κ2) is 7.40. The van der Waals surface area contributed by atoms with Crippen LogP contribution in [0.25, 0.3) is 0 Å². The van der Waals surface area contributed by atoms with Crippen LogP contribution >= 0.6 is 12.4 Å². The highest BCUT2D eigenvalue weighted by molar-refractivity contribution is 6.02. The standard InChI is InChI=1S/C15H17N3O3.ClH/c1-20-9-13-7-14(18-21-13)15(19)17-12-3-2-10-4-5-16-8-11(10)6-12;/h2-3,6-7,16H,4-5,8-9H2,1H3,(H,17,19);1H. The minimum absolute atomic E-state index is 0. The molecule has 7 heteroatoms. The monoisotopic (exact) mass is 323 g/mol. The van der Waals surface area contributed by atoms with Crippen molar-refractivity contribution in [3.8, 4) is 0 Å². The fourth-order valence-corrected chi connectivity index (χ4v) is 2.38. The molecule has 0 saturated heterocycles. The molecule has 2 heterocycles. The first-order valence-electron chi connectivity index (χ1n) is 6.84. The predicted molar refractivity (Wildman–Crippen MR) is 84.3 cm³/mol. The summed E-state index contributed by atoms with van der Waals surface area (Å²) in [5.41, 5.74) is 3.56. The molecule has 0 spiro atoms. The summed E-state index contributed by atoms with van der Waals surface area (Å²) < 4.78 is 9.94. The lowest BCUT2D eigenvalue weighted by atomic mass is 10.0. The number of nitrogens with one attached hydrogen (secondary N) is 2. The second-order valence-corrected chi connectivity index (χ2v) is 4.98. The first-order valence-corrected chi connectivity index (χ1v) is 6.84. The van der Waals surface area contributed by atoms with Crippen molar-refractivity contribution in [3.63, 3.8) is 0 Å². The van der Waals surface area contributed by atoms with Crippen molar-refractivity contribution in [2.75, 3.05) is 19.0 Å². The Balaban J connectivity index is 0.00000176. The second-order valence-electron chi connectivity index (χ2n) is 4.98. The summed E-state index contributed by atoms with van der Waals surface area (Å²) in [6.45, 7) is 2.13. The Morgan fingerprint density at radius 1 is 1.41 bits per heavy atom. The van der Waals surface area contributed by atoms with Gasteiger partial charge in [-0.3, -0.25) is 4.79 Å². The Labute approximate surface area is 134 Å². The van der Waals surface area contributed by atoms with E-state index in [0.29, 0.717) is 12.4 Å². The van der Waals surface area contributed by atoms with Crippen molar-refractivity contribution < 1.29 is 14.1 Å². The zero-order valence-electron chi connectivity index (χ0n) is 12.2. The van der Waals surface area contributed by atoms with Gasteiger partial charge in [0.05, 0.1) is 0 Å². The van der Waals surface area contributed by atoms with Gasteiger partial charge in [-0.2, -0.15) is 0 Å². The number of amides is 1. The van der Waals surface area contributed by atoms with Crippen molar-refractivity contribution in [2.24, 2.45) is 0 Å². The molecule has 0 radical (unpaired) electrons. The van der Waals surface area contributed by atoms with Crippen molar-refractivity contribution in [2.45, 2.75) is 19.6 Å². The summed E-state index contributed by atoms with van der Waals surface area (Å²) in [6.07, 6.45) is 1.02. The lowest BCUT2D eigenvalue weighted by molar-refractivity contribution is 0.101. The maximum atomic E-state index is 12.1. The van der Waals surface area contributed by atoms with Crippen molar-refractivity contribution >= 4 is 24.0 Å². The Kier molecular flexibility index (Phi) is 5.54. The Morgan fingerprint density at radius 2 is 2.27 bits per heavy atom. The van der Waals surface area contributed by atoms with Crippen molar-refractivity contribution in [1.29, 1.82) is 0 Å². The number of aromatic nitrogens is 1. The maximum absolute atomic E-state index is 12.1. The van der Waals surface area contributed by atoms with Crippen LogP contribution in [0.1, 0.15) is 27.4 Å². The molecule has 1 aliphatic heterocycles. The number of carbonyl (C=O) groups excluding carboxylic acids is 1. The smallest absolute Gasteiger partial charge is 0.277 e. The van der Waals surface area contributed by atoms with E-state index in [2.05, 4.69) is 21.9 Å². The number of hydrogen-bond acceptors (Lipinski definition) is 5. The normalized spacial score (nSPS) is 13.1. The number of fused-ring (bicyclic) bond motifs is 1. The highest BCUT2D eigenvalue weighted by atomic mass is 35.5. The van der Waals surface area contributed by atoms with E-state index < -0.39 is 0 Å². The number of anilines is 1. The third-order valence-electron chi connectivity index (χ3n) is 3.43. The van der Waals surface area contributed by atoms with E-state index in [1.54, 1.807) is 13.2 Å². The van der Waals surface area contributed by atoms with Crippen LogP contribution < -0.4 is 10.6 Å². The zero-order valence-corrected chi connectivity index (χ0v) is 13.0. The highest BCUT2D eigenvalue weighted by Crippen LogP contribution is 2.19. The number of benzene rings is 1. The maximum Gasteiger partial charge on any atom is 0.277 e. The summed E-state index contributed by atoms with van der Waals surface area (Å²) in [5.74, 6) is 0.238. The Hall–Kier alpha value is -1.89. The molecule has 0 atom stereocenters. The summed E-state index contributed by atoms with van der Waals surface area (Å²) in [5, 5.41) is 9.89. The molecule has 0 saturated carbocycles. The van der Waals surface area contributed by atoms with Crippen LogP contribution in [0.15, 0.2) is 28.8 Å². The number of carbonyl (C=O) groups is 1. The van der Waals surface area contributed by atoms with Gasteiger partial charge in [0.25, 0.3) is 5.91 Å². The molecule has 0 unspecified atom stereocenters. The molecule has 118 valence electrons. The van der Waals surface area contributed by atoms with Gasteiger partial charge >= 0.3 is 0 Å². The lowest BCUT2D eigenvalue weighted by Crippen LogP contribution is -2.23. The largest absolute Gasteiger partial charge is 0.377 e. The predicted octanol–water partition coefficient (Wildman–Crippen LogP) is 2.14. The fraction of sp³-hybridized carbons (Fsp3) is 0.333. The van der Waals surface area contributed by atoms with Gasteiger partial charge in [-0.25, -0.2) is 0 Å². The minimum Gasteiger partial charge on any atom is -0.377 e. The first kappa shape index (κ1) is 16.5. The van der Waals surface area contributed by atoms with Crippen LogP contribution in [0.4, 0.5) is 5.69 Å². The summed E-state index contributed by atoms with van der Waals surface area (Å²) in [4.78, 5) is 12.1. The average molecular weight is 324 g/mol. The van der Waals surface area contributed by atoms with E-state index >= 15 is 0 Å². The molecular formula is C15H18ClN3O3. The molecule has 0 bridgehead atoms. The average Bonchev–Trinajstić information content (AvgIpc) is 2.96. The molecular weight excluding hydrogens is 306 g/mol. The van der Waals surface area contributed by atoms with Gasteiger partial charge < -0.3 is 19.9 Å². The molecule has 0 aliphatic carbocycles. The number of rotatable bonds is 4. The first-order chi connectivity index (χ1) is 10.3. The summed E-state index contributed by atoms with van der Waals surface area (Å²) >= 11 is 0. The summed E-state index contributed by atoms with van der Waals surface area (Å²) in [7, 11) is 1.56. The van der Waals surface area contributed by atoms with Crippen LogP contribution in [-0.4, -0.2) is 24.7 Å². The van der Waals surface area contributed by atoms with Crippen LogP contribution in [0, 0.1) is 0 Å². The van der Waals surface area contributed by atoms with E-state index in [1.807, 2.05) is 12.1 Å². The Morgan fingerprint density at radius 3 is 3.09 bits per heavy atom. The Bertz CT molecular complexity index is 657. The number of hydrogen-bond donors (Lipinski definition) is 2. The van der Waals surface area contributed by atoms with E-state index in [1.165, 1.54) is 11.1 Å². The third kappa shape index (κ3) is 3.65. The van der Waals surface area contributed by atoms with Crippen LogP contribution in [0.3, 0.4) is 0 Å². The molecule has 2 aromatic rings. The van der Waals surface area contributed by atoms with Gasteiger partial charge in [0.2, 0.25) is 0 Å². The molecule has 1 aromatic carbocycles. The molecule has 3 rings (SSSR count). The van der Waals surface area contributed by atoms with E-state index in [0.717, 1.165) is 25.2 Å². The molecule has 1 amide bonds. The van der Waals surface area contributed by atoms with Crippen LogP contribution in [0.5, 0.6) is 0 Å². The SMILES string of the molecule is COCc1cc(C(=O)Nc2ccc3c(c2)CNCC3)no1.Cl. The van der Waals surface area contributed by atoms with Gasteiger partial charge in [-0.15, -0.1) is 12.4 Å². The minimum atomic E-state index is -0.287. The summed E-state index contributed by atoms with van der Waals surface area (Å²) in [6, 6.07) is 7.55.